The third-order valence-corrected chi connectivity index (χ3v) is 4.71. The molecule has 1 aromatic carbocycles. The van der Waals surface area contributed by atoms with Crippen molar-refractivity contribution in [3.8, 4) is 11.5 Å². The lowest BCUT2D eigenvalue weighted by Crippen LogP contribution is -3.13. The highest BCUT2D eigenvalue weighted by Gasteiger charge is 2.27. The summed E-state index contributed by atoms with van der Waals surface area (Å²) in [5.41, 5.74) is 1.35. The van der Waals surface area contributed by atoms with Gasteiger partial charge in [-0.3, -0.25) is 4.98 Å². The van der Waals surface area contributed by atoms with Gasteiger partial charge in [0, 0.05) is 24.4 Å². The van der Waals surface area contributed by atoms with Crippen LogP contribution in [0.25, 0.3) is 0 Å². The largest absolute Gasteiger partial charge is 0.491 e. The van der Waals surface area contributed by atoms with Crippen LogP contribution in [-0.4, -0.2) is 30.8 Å². The molecule has 1 fully saturated rings. The zero-order valence-corrected chi connectivity index (χ0v) is 15.3. The number of nitrogens with one attached hydrogen (secondary N) is 1. The number of hydrogen-bond acceptors (Lipinski definition) is 3. The Bertz CT molecular complexity index is 628. The van der Waals surface area contributed by atoms with Crippen LogP contribution < -0.4 is 14.4 Å². The first-order valence-corrected chi connectivity index (χ1v) is 9.36. The summed E-state index contributed by atoms with van der Waals surface area (Å²) in [6, 6.07) is 12.7. The van der Waals surface area contributed by atoms with Crippen LogP contribution in [-0.2, 0) is 0 Å². The Labute approximate surface area is 150 Å². The van der Waals surface area contributed by atoms with Gasteiger partial charge in [-0.1, -0.05) is 6.07 Å². The standard InChI is InChI=1S/C21H28N2O2/c1-17(2)25-20-10-8-19(9-11-20)24-15-14-23-13-4-3-7-21(23)18-6-5-12-22-16-18/h5-6,8-12,16-17,21H,3-4,7,13-15H2,1-2H3/p+1/t21-/m0/s1. The van der Waals surface area contributed by atoms with Crippen molar-refractivity contribution in [2.45, 2.75) is 45.3 Å². The van der Waals surface area contributed by atoms with Gasteiger partial charge >= 0.3 is 0 Å². The van der Waals surface area contributed by atoms with Crippen LogP contribution in [0.3, 0.4) is 0 Å². The first-order chi connectivity index (χ1) is 12.2. The Morgan fingerprint density at radius 3 is 2.64 bits per heavy atom. The van der Waals surface area contributed by atoms with E-state index in [4.69, 9.17) is 9.47 Å². The Morgan fingerprint density at radius 1 is 1.12 bits per heavy atom. The molecular formula is C21H29N2O2+. The summed E-state index contributed by atoms with van der Waals surface area (Å²) in [6.45, 7) is 7.03. The van der Waals surface area contributed by atoms with E-state index < -0.39 is 0 Å². The smallest absolute Gasteiger partial charge is 0.137 e. The SMILES string of the molecule is CC(C)Oc1ccc(OCC[NH+]2CCCC[C@H]2c2cccnc2)cc1. The maximum Gasteiger partial charge on any atom is 0.137 e. The van der Waals surface area contributed by atoms with E-state index in [1.807, 2.05) is 56.6 Å². The van der Waals surface area contributed by atoms with Crippen LogP contribution in [0.1, 0.15) is 44.7 Å². The number of piperidine rings is 1. The minimum atomic E-state index is 0.193. The van der Waals surface area contributed by atoms with Crippen LogP contribution in [0.4, 0.5) is 0 Å². The molecule has 0 saturated carbocycles. The van der Waals surface area contributed by atoms with Gasteiger partial charge in [0.05, 0.1) is 12.6 Å². The Balaban J connectivity index is 1.51. The monoisotopic (exact) mass is 341 g/mol. The molecule has 1 N–H and O–H groups in total. The zero-order chi connectivity index (χ0) is 17.5. The summed E-state index contributed by atoms with van der Waals surface area (Å²) in [4.78, 5) is 5.90. The summed E-state index contributed by atoms with van der Waals surface area (Å²) in [7, 11) is 0. The number of aromatic nitrogens is 1. The lowest BCUT2D eigenvalue weighted by Gasteiger charge is -2.32. The van der Waals surface area contributed by atoms with Crippen LogP contribution in [0.15, 0.2) is 48.8 Å². The summed E-state index contributed by atoms with van der Waals surface area (Å²) in [6.07, 6.45) is 7.90. The fourth-order valence-electron chi connectivity index (χ4n) is 3.55. The molecule has 4 heteroatoms. The normalized spacial score (nSPS) is 20.4. The average Bonchev–Trinajstić information content (AvgIpc) is 2.64. The van der Waals surface area contributed by atoms with Crippen molar-refractivity contribution in [2.24, 2.45) is 0 Å². The molecule has 25 heavy (non-hydrogen) atoms. The predicted octanol–water partition coefficient (Wildman–Crippen LogP) is 3.06. The second-order valence-corrected chi connectivity index (χ2v) is 6.98. The first-order valence-electron chi connectivity index (χ1n) is 9.36. The number of likely N-dealkylation sites (tertiary alicyclic amines) is 1. The topological polar surface area (TPSA) is 35.8 Å². The van der Waals surface area contributed by atoms with Crippen LogP contribution in [0, 0.1) is 0 Å². The summed E-state index contributed by atoms with van der Waals surface area (Å²) in [5, 5.41) is 0. The molecule has 0 amide bonds. The van der Waals surface area contributed by atoms with Crippen LogP contribution in [0.5, 0.6) is 11.5 Å². The van der Waals surface area contributed by atoms with Crippen molar-refractivity contribution in [2.75, 3.05) is 19.7 Å². The number of hydrogen-bond donors (Lipinski definition) is 1. The van der Waals surface area contributed by atoms with Crippen molar-refractivity contribution in [1.29, 1.82) is 0 Å². The molecule has 4 nitrogen and oxygen atoms in total. The molecule has 0 spiro atoms. The number of pyridine rings is 1. The molecule has 0 radical (unpaired) electrons. The Hall–Kier alpha value is -2.07. The molecule has 0 bridgehead atoms. The van der Waals surface area contributed by atoms with Crippen LogP contribution in [0.2, 0.25) is 0 Å². The van der Waals surface area contributed by atoms with Gasteiger partial charge in [-0.05, 0) is 57.0 Å². The minimum absolute atomic E-state index is 0.193. The maximum atomic E-state index is 5.96. The average molecular weight is 341 g/mol. The molecule has 0 aliphatic carbocycles. The Morgan fingerprint density at radius 2 is 1.92 bits per heavy atom. The molecule has 1 aromatic heterocycles. The molecule has 2 atom stereocenters. The summed E-state index contributed by atoms with van der Waals surface area (Å²) >= 11 is 0. The third-order valence-electron chi connectivity index (χ3n) is 4.71. The van der Waals surface area contributed by atoms with E-state index in [0.29, 0.717) is 6.04 Å². The Kier molecular flexibility index (Phi) is 6.29. The summed E-state index contributed by atoms with van der Waals surface area (Å²) < 4.78 is 11.6. The fraction of sp³-hybridized carbons (Fsp3) is 0.476. The van der Waals surface area contributed by atoms with Crippen molar-refractivity contribution < 1.29 is 14.4 Å². The number of benzene rings is 1. The van der Waals surface area contributed by atoms with E-state index in [9.17, 15) is 0 Å². The van der Waals surface area contributed by atoms with Gasteiger partial charge in [0.25, 0.3) is 0 Å². The van der Waals surface area contributed by atoms with E-state index in [2.05, 4.69) is 11.1 Å². The highest BCUT2D eigenvalue weighted by Crippen LogP contribution is 2.19. The third kappa shape index (κ3) is 5.20. The molecule has 1 saturated heterocycles. The van der Waals surface area contributed by atoms with E-state index in [1.165, 1.54) is 31.4 Å². The number of quaternary nitrogens is 1. The van der Waals surface area contributed by atoms with Gasteiger partial charge in [0.1, 0.15) is 30.7 Å². The van der Waals surface area contributed by atoms with E-state index in [1.54, 1.807) is 4.90 Å². The highest BCUT2D eigenvalue weighted by atomic mass is 16.5. The maximum absolute atomic E-state index is 5.96. The molecule has 1 aliphatic rings. The van der Waals surface area contributed by atoms with Gasteiger partial charge in [-0.2, -0.15) is 0 Å². The van der Waals surface area contributed by atoms with Crippen molar-refractivity contribution >= 4 is 0 Å². The second kappa shape index (κ2) is 8.86. The van der Waals surface area contributed by atoms with Crippen molar-refractivity contribution in [3.63, 3.8) is 0 Å². The lowest BCUT2D eigenvalue weighted by molar-refractivity contribution is -0.937. The van der Waals surface area contributed by atoms with E-state index in [-0.39, 0.29) is 6.10 Å². The van der Waals surface area contributed by atoms with Crippen molar-refractivity contribution in [1.82, 2.24) is 4.98 Å². The van der Waals surface area contributed by atoms with Gasteiger partial charge in [0.2, 0.25) is 0 Å². The molecule has 2 aromatic rings. The number of nitrogens with zero attached hydrogens (tertiary/aromatic N) is 1. The minimum Gasteiger partial charge on any atom is -0.491 e. The molecule has 1 aliphatic heterocycles. The molecule has 2 heterocycles. The van der Waals surface area contributed by atoms with Gasteiger partial charge in [-0.15, -0.1) is 0 Å². The fourth-order valence-corrected chi connectivity index (χ4v) is 3.55. The van der Waals surface area contributed by atoms with Crippen LogP contribution >= 0.6 is 0 Å². The number of rotatable bonds is 7. The van der Waals surface area contributed by atoms with E-state index >= 15 is 0 Å². The van der Waals surface area contributed by atoms with Gasteiger partial charge < -0.3 is 14.4 Å². The summed E-state index contributed by atoms with van der Waals surface area (Å²) in [5.74, 6) is 1.80. The second-order valence-electron chi connectivity index (χ2n) is 6.98. The predicted molar refractivity (Wildman–Crippen MR) is 99.2 cm³/mol. The zero-order valence-electron chi connectivity index (χ0n) is 15.3. The quantitative estimate of drug-likeness (QED) is 0.841. The highest BCUT2D eigenvalue weighted by molar-refractivity contribution is 5.31. The van der Waals surface area contributed by atoms with E-state index in [0.717, 1.165) is 24.7 Å². The molecule has 3 rings (SSSR count). The lowest BCUT2D eigenvalue weighted by atomic mass is 9.96. The van der Waals surface area contributed by atoms with Crippen molar-refractivity contribution in [3.05, 3.63) is 54.4 Å². The van der Waals surface area contributed by atoms with Gasteiger partial charge in [0.15, 0.2) is 0 Å². The number of ether oxygens (including phenoxy) is 2. The molecular weight excluding hydrogens is 312 g/mol. The first kappa shape index (κ1) is 17.7. The molecule has 134 valence electrons. The molecule has 1 unspecified atom stereocenters. The van der Waals surface area contributed by atoms with Gasteiger partial charge in [-0.25, -0.2) is 0 Å².